The minimum Gasteiger partial charge on any atom is -0.469 e. The fourth-order valence-electron chi connectivity index (χ4n) is 9.01. The number of aryl methyl sites for hydroxylation is 2. The molecule has 0 fully saturated rings. The molecular weight excluding hydrogens is 1160 g/mol. The van der Waals surface area contributed by atoms with Crippen LogP contribution >= 0.6 is 45.9 Å². The van der Waals surface area contributed by atoms with Gasteiger partial charge in [0.15, 0.2) is 11.6 Å². The second kappa shape index (κ2) is 31.0. The summed E-state index contributed by atoms with van der Waals surface area (Å²) < 4.78 is 53.1. The molecule has 0 unspecified atom stereocenters. The molecule has 2 N–H and O–H groups in total. The van der Waals surface area contributed by atoms with Crippen molar-refractivity contribution in [3.8, 4) is 10.0 Å². The van der Waals surface area contributed by atoms with E-state index in [4.69, 9.17) is 75.8 Å². The smallest absolute Gasteiger partial charge is 0.308 e. The molecule has 0 radical (unpaired) electrons. The van der Waals surface area contributed by atoms with E-state index in [1.54, 1.807) is 24.3 Å². The first-order valence-corrected chi connectivity index (χ1v) is 29.2. The second-order valence-electron chi connectivity index (χ2n) is 18.7. The molecule has 23 nitrogen and oxygen atoms in total. The van der Waals surface area contributed by atoms with E-state index in [0.717, 1.165) is 43.4 Å². The Morgan fingerprint density at radius 2 is 0.795 bits per heavy atom. The Bertz CT molecular complexity index is 3040. The standard InChI is InChI=1S/C56H66Cl2N10O13S2/c1-33-45-47(37-7-11-39(57)12-8-37)61-41(31-43(69)73-5)51-65-63-35(3)67(51)55(45)82-49(33)53(71)59-15-17-75-19-21-77-23-25-79-27-29-81-30-28-80-26-24-78-22-20-76-18-16-60-54(72)50-34(2)46-48(38-9-13-40(58)14-10-38)62-42(32-44(70)74-6)52-66-64-36(4)68(52)56(46)83-50/h7-14,41-42H,15-32H2,1-6H3,(H,59,71)(H,60,72)/t41-,42-/m0/s1. The number of rotatable bonds is 32. The van der Waals surface area contributed by atoms with E-state index in [1.807, 2.05) is 61.1 Å². The van der Waals surface area contributed by atoms with Crippen LogP contribution in [0.5, 0.6) is 0 Å². The Morgan fingerprint density at radius 1 is 0.482 bits per heavy atom. The van der Waals surface area contributed by atoms with Gasteiger partial charge in [0, 0.05) is 45.4 Å². The number of hydrogen-bond acceptors (Lipinski definition) is 21. The number of amides is 2. The van der Waals surface area contributed by atoms with Crippen molar-refractivity contribution < 1.29 is 61.8 Å². The molecule has 2 aliphatic heterocycles. The summed E-state index contributed by atoms with van der Waals surface area (Å²) in [4.78, 5) is 63.2. The van der Waals surface area contributed by atoms with Gasteiger partial charge in [0.1, 0.15) is 33.7 Å². The molecule has 444 valence electrons. The minimum absolute atomic E-state index is 0.0387. The fourth-order valence-corrected chi connectivity index (χ4v) is 11.8. The number of carbonyl (C=O) groups is 4. The summed E-state index contributed by atoms with van der Waals surface area (Å²) in [6, 6.07) is 13.2. The van der Waals surface area contributed by atoms with Gasteiger partial charge in [-0.3, -0.25) is 38.3 Å². The first-order valence-electron chi connectivity index (χ1n) is 26.8. The SMILES string of the molecule is COC(=O)C[C@@H]1N=C(c2ccc(Cl)cc2)c2c(sc(C(=O)NCCOCCOCCOCCOCCOCCOCCOCCNC(=O)c3sc4c(c3C)C(c3ccc(Cl)cc3)=N[C@@H](CC(=O)OC)c3nnc(C)n3-4)c2C)-n2c(C)nnc21. The Labute approximate surface area is 497 Å². The molecule has 8 rings (SSSR count). The number of halogens is 2. The molecule has 2 amide bonds. The fraction of sp³-hybridized carbons (Fsp3) is 0.464. The molecule has 83 heavy (non-hydrogen) atoms. The summed E-state index contributed by atoms with van der Waals surface area (Å²) in [7, 11) is 2.66. The van der Waals surface area contributed by atoms with Crippen molar-refractivity contribution in [2.75, 3.05) is 120 Å². The van der Waals surface area contributed by atoms with Gasteiger partial charge >= 0.3 is 11.9 Å². The second-order valence-corrected chi connectivity index (χ2v) is 21.6. The number of aliphatic imine (C=N–C) groups is 2. The molecule has 2 atom stereocenters. The maximum Gasteiger partial charge on any atom is 0.308 e. The number of nitrogens with one attached hydrogen (secondary N) is 2. The van der Waals surface area contributed by atoms with Crippen LogP contribution in [0.3, 0.4) is 0 Å². The summed E-state index contributed by atoms with van der Waals surface area (Å²) in [6.07, 6.45) is -0.0774. The Balaban J connectivity index is 0.634. The van der Waals surface area contributed by atoms with E-state index in [1.165, 1.54) is 36.9 Å². The Morgan fingerprint density at radius 3 is 1.11 bits per heavy atom. The molecule has 6 heterocycles. The van der Waals surface area contributed by atoms with Crippen molar-refractivity contribution >= 4 is 81.1 Å². The average molecular weight is 1220 g/mol. The Kier molecular flexibility index (Phi) is 23.4. The highest BCUT2D eigenvalue weighted by Gasteiger charge is 2.36. The van der Waals surface area contributed by atoms with Crippen LogP contribution in [-0.4, -0.2) is 185 Å². The van der Waals surface area contributed by atoms with Crippen molar-refractivity contribution in [2.45, 2.75) is 52.6 Å². The summed E-state index contributed by atoms with van der Waals surface area (Å²) in [5, 5.41) is 25.9. The van der Waals surface area contributed by atoms with Gasteiger partial charge in [-0.1, -0.05) is 47.5 Å². The topological polar surface area (TPSA) is 262 Å². The summed E-state index contributed by atoms with van der Waals surface area (Å²) in [6.45, 7) is 13.2. The quantitative estimate of drug-likeness (QED) is 0.0329. The number of ether oxygens (including phenoxy) is 9. The summed E-state index contributed by atoms with van der Waals surface area (Å²) >= 11 is 15.1. The first kappa shape index (κ1) is 62.7. The number of thiophene rings is 2. The third-order valence-corrected chi connectivity index (χ3v) is 16.2. The number of carbonyl (C=O) groups excluding carboxylic acids is 4. The van der Waals surface area contributed by atoms with E-state index >= 15 is 0 Å². The van der Waals surface area contributed by atoms with E-state index in [0.29, 0.717) is 134 Å². The average Bonchev–Trinajstić information content (AvgIpc) is 3.43. The van der Waals surface area contributed by atoms with Gasteiger partial charge in [0.25, 0.3) is 11.8 Å². The molecule has 0 aliphatic carbocycles. The highest BCUT2D eigenvalue weighted by atomic mass is 35.5. The van der Waals surface area contributed by atoms with Crippen molar-refractivity contribution in [1.82, 2.24) is 40.2 Å². The molecule has 0 spiro atoms. The molecule has 4 aromatic heterocycles. The van der Waals surface area contributed by atoms with Gasteiger partial charge in [-0.25, -0.2) is 0 Å². The lowest BCUT2D eigenvalue weighted by Gasteiger charge is -2.12. The van der Waals surface area contributed by atoms with Crippen LogP contribution in [0.1, 0.15) is 101 Å². The molecule has 2 aliphatic rings. The number of fused-ring (bicyclic) bond motifs is 6. The van der Waals surface area contributed by atoms with Gasteiger partial charge < -0.3 is 53.3 Å². The van der Waals surface area contributed by atoms with Gasteiger partial charge in [-0.05, 0) is 63.1 Å². The largest absolute Gasteiger partial charge is 0.469 e. The summed E-state index contributed by atoms with van der Waals surface area (Å²) in [5.41, 5.74) is 5.71. The van der Waals surface area contributed by atoms with E-state index in [9.17, 15) is 19.2 Å². The van der Waals surface area contributed by atoms with Crippen LogP contribution in [0.15, 0.2) is 58.5 Å². The molecule has 2 aromatic carbocycles. The zero-order valence-corrected chi connectivity index (χ0v) is 50.1. The summed E-state index contributed by atoms with van der Waals surface area (Å²) in [5.74, 6) is 0.757. The van der Waals surface area contributed by atoms with E-state index in [2.05, 4.69) is 31.0 Å². The third kappa shape index (κ3) is 16.1. The molecule has 0 saturated carbocycles. The van der Waals surface area contributed by atoms with Crippen LogP contribution in [0.4, 0.5) is 0 Å². The third-order valence-electron chi connectivity index (χ3n) is 13.1. The number of methoxy groups -OCH3 is 2. The van der Waals surface area contributed by atoms with Crippen molar-refractivity contribution in [3.63, 3.8) is 0 Å². The molecule has 27 heteroatoms. The zero-order valence-electron chi connectivity index (χ0n) is 47.0. The molecule has 0 saturated heterocycles. The number of benzene rings is 2. The zero-order chi connectivity index (χ0) is 58.8. The monoisotopic (exact) mass is 1220 g/mol. The van der Waals surface area contributed by atoms with Crippen LogP contribution in [0.25, 0.3) is 10.0 Å². The molecular formula is C56H66Cl2N10O13S2. The lowest BCUT2D eigenvalue weighted by molar-refractivity contribution is -0.142. The highest BCUT2D eigenvalue weighted by Crippen LogP contribution is 2.42. The van der Waals surface area contributed by atoms with Crippen LogP contribution < -0.4 is 10.6 Å². The number of aromatic nitrogens is 6. The maximum atomic E-state index is 13.6. The lowest BCUT2D eigenvalue weighted by Crippen LogP contribution is -2.27. The number of hydrogen-bond donors (Lipinski definition) is 2. The molecule has 6 aromatic rings. The predicted molar refractivity (Wildman–Crippen MR) is 311 cm³/mol. The van der Waals surface area contributed by atoms with Crippen molar-refractivity contribution in [2.24, 2.45) is 9.98 Å². The minimum atomic E-state index is -0.672. The molecule has 0 bridgehead atoms. The van der Waals surface area contributed by atoms with Gasteiger partial charge in [0.05, 0.1) is 141 Å². The van der Waals surface area contributed by atoms with Crippen LogP contribution in [0.2, 0.25) is 10.0 Å². The van der Waals surface area contributed by atoms with Crippen LogP contribution in [0, 0.1) is 27.7 Å². The maximum absolute atomic E-state index is 13.6. The predicted octanol–water partition coefficient (Wildman–Crippen LogP) is 6.70. The first-order chi connectivity index (χ1) is 40.3. The van der Waals surface area contributed by atoms with Crippen LogP contribution in [-0.2, 0) is 52.2 Å². The van der Waals surface area contributed by atoms with E-state index in [-0.39, 0.29) is 51.0 Å². The highest BCUT2D eigenvalue weighted by molar-refractivity contribution is 7.17. The van der Waals surface area contributed by atoms with Crippen molar-refractivity contribution in [3.05, 3.63) is 125 Å². The van der Waals surface area contributed by atoms with Gasteiger partial charge in [-0.2, -0.15) is 0 Å². The number of nitrogens with zero attached hydrogens (tertiary/aromatic N) is 8. The van der Waals surface area contributed by atoms with Gasteiger partial charge in [0.2, 0.25) is 0 Å². The normalized spacial score (nSPS) is 14.4. The number of esters is 2. The van der Waals surface area contributed by atoms with Crippen molar-refractivity contribution in [1.29, 1.82) is 0 Å². The lowest BCUT2D eigenvalue weighted by atomic mass is 9.99. The van der Waals surface area contributed by atoms with Gasteiger partial charge in [-0.15, -0.1) is 43.1 Å². The Hall–Kier alpha value is -6.36. The van der Waals surface area contributed by atoms with E-state index < -0.39 is 24.0 Å².